The molecule has 1 N–H and O–H groups in total. The van der Waals surface area contributed by atoms with Crippen LogP contribution in [0.5, 0.6) is 5.75 Å². The largest absolute Gasteiger partial charge is 0.479 e. The number of nitrogens with zero attached hydrogens (tertiary/aromatic N) is 3. The third-order valence-corrected chi connectivity index (χ3v) is 5.32. The zero-order chi connectivity index (χ0) is 21.8. The van der Waals surface area contributed by atoms with Gasteiger partial charge in [0.1, 0.15) is 6.61 Å². The van der Waals surface area contributed by atoms with Gasteiger partial charge in [-0.15, -0.1) is 0 Å². The maximum absolute atomic E-state index is 13.6. The Morgan fingerprint density at radius 2 is 1.94 bits per heavy atom. The van der Waals surface area contributed by atoms with Gasteiger partial charge in [-0.2, -0.15) is 0 Å². The van der Waals surface area contributed by atoms with Crippen LogP contribution in [0.15, 0.2) is 53.2 Å². The summed E-state index contributed by atoms with van der Waals surface area (Å²) in [6.45, 7) is 0.662. The molecule has 3 aromatic rings. The molecule has 1 amide bonds. The SMILES string of the molecule is O=C(c1cc(COc2c(F)cccc2F)on1)N1CCC([C@@H](O)c2ccccn2)CC1. The van der Waals surface area contributed by atoms with Crippen LogP contribution in [0.25, 0.3) is 0 Å². The molecular weight excluding hydrogens is 408 g/mol. The molecule has 1 saturated heterocycles. The lowest BCUT2D eigenvalue weighted by atomic mass is 9.89. The summed E-state index contributed by atoms with van der Waals surface area (Å²) in [6.07, 6.45) is 2.23. The van der Waals surface area contributed by atoms with Crippen LogP contribution < -0.4 is 4.74 Å². The van der Waals surface area contributed by atoms with Crippen molar-refractivity contribution < 1.29 is 27.9 Å². The fourth-order valence-corrected chi connectivity index (χ4v) is 3.62. The highest BCUT2D eigenvalue weighted by atomic mass is 19.1. The van der Waals surface area contributed by atoms with E-state index in [-0.39, 0.29) is 29.9 Å². The molecule has 0 radical (unpaired) electrons. The van der Waals surface area contributed by atoms with E-state index in [4.69, 9.17) is 9.26 Å². The molecule has 1 atom stereocenters. The van der Waals surface area contributed by atoms with Crippen molar-refractivity contribution >= 4 is 5.91 Å². The molecular formula is C22H21F2N3O4. The third kappa shape index (κ3) is 4.72. The lowest BCUT2D eigenvalue weighted by Crippen LogP contribution is -2.40. The van der Waals surface area contributed by atoms with Crippen LogP contribution >= 0.6 is 0 Å². The lowest BCUT2D eigenvalue weighted by Gasteiger charge is -2.33. The molecule has 162 valence electrons. The number of hydrogen-bond donors (Lipinski definition) is 1. The number of halogens is 2. The highest BCUT2D eigenvalue weighted by Crippen LogP contribution is 2.30. The molecule has 0 spiro atoms. The van der Waals surface area contributed by atoms with Gasteiger partial charge in [-0.3, -0.25) is 9.78 Å². The number of ether oxygens (including phenoxy) is 1. The first-order chi connectivity index (χ1) is 15.0. The molecule has 1 aromatic carbocycles. The first kappa shape index (κ1) is 20.9. The van der Waals surface area contributed by atoms with Crippen LogP contribution in [-0.4, -0.2) is 39.1 Å². The van der Waals surface area contributed by atoms with Gasteiger partial charge in [0, 0.05) is 25.4 Å². The molecule has 1 fully saturated rings. The monoisotopic (exact) mass is 429 g/mol. The minimum absolute atomic E-state index is 0.0101. The second-order valence-corrected chi connectivity index (χ2v) is 7.35. The van der Waals surface area contributed by atoms with E-state index >= 15 is 0 Å². The van der Waals surface area contributed by atoms with Gasteiger partial charge in [-0.1, -0.05) is 17.3 Å². The number of rotatable bonds is 6. The number of piperidine rings is 1. The van der Waals surface area contributed by atoms with Gasteiger partial charge in [0.2, 0.25) is 0 Å². The van der Waals surface area contributed by atoms with Crippen molar-refractivity contribution in [1.29, 1.82) is 0 Å². The summed E-state index contributed by atoms with van der Waals surface area (Å²) in [7, 11) is 0. The summed E-state index contributed by atoms with van der Waals surface area (Å²) >= 11 is 0. The molecule has 31 heavy (non-hydrogen) atoms. The number of aromatic nitrogens is 2. The zero-order valence-corrected chi connectivity index (χ0v) is 16.6. The Morgan fingerprint density at radius 1 is 1.19 bits per heavy atom. The highest BCUT2D eigenvalue weighted by Gasteiger charge is 2.30. The van der Waals surface area contributed by atoms with E-state index in [0.29, 0.717) is 31.6 Å². The van der Waals surface area contributed by atoms with E-state index < -0.39 is 23.5 Å². The Balaban J connectivity index is 1.32. The summed E-state index contributed by atoms with van der Waals surface area (Å²) in [4.78, 5) is 18.5. The summed E-state index contributed by atoms with van der Waals surface area (Å²) in [5.41, 5.74) is 0.719. The molecule has 9 heteroatoms. The highest BCUT2D eigenvalue weighted by molar-refractivity contribution is 5.92. The van der Waals surface area contributed by atoms with Gasteiger partial charge in [0.05, 0.1) is 11.8 Å². The number of pyridine rings is 1. The van der Waals surface area contributed by atoms with Crippen LogP contribution in [0.2, 0.25) is 0 Å². The maximum Gasteiger partial charge on any atom is 0.276 e. The average molecular weight is 429 g/mol. The summed E-state index contributed by atoms with van der Waals surface area (Å²) in [5, 5.41) is 14.3. The summed E-state index contributed by atoms with van der Waals surface area (Å²) in [6, 6.07) is 10.2. The first-order valence-electron chi connectivity index (χ1n) is 9.93. The molecule has 0 bridgehead atoms. The van der Waals surface area contributed by atoms with Crippen LogP contribution in [0.3, 0.4) is 0 Å². The number of para-hydroxylation sites is 1. The second-order valence-electron chi connectivity index (χ2n) is 7.35. The van der Waals surface area contributed by atoms with Gasteiger partial charge >= 0.3 is 0 Å². The van der Waals surface area contributed by atoms with Gasteiger partial charge in [0.15, 0.2) is 28.8 Å². The third-order valence-electron chi connectivity index (χ3n) is 5.32. The molecule has 3 heterocycles. The van der Waals surface area contributed by atoms with Gasteiger partial charge in [0.25, 0.3) is 5.91 Å². The van der Waals surface area contributed by atoms with Crippen molar-refractivity contribution in [1.82, 2.24) is 15.0 Å². The van der Waals surface area contributed by atoms with Crippen molar-refractivity contribution in [3.8, 4) is 5.75 Å². The van der Waals surface area contributed by atoms with Crippen molar-refractivity contribution in [3.63, 3.8) is 0 Å². The van der Waals surface area contributed by atoms with E-state index in [9.17, 15) is 18.7 Å². The first-order valence-corrected chi connectivity index (χ1v) is 9.93. The number of aliphatic hydroxyl groups excluding tert-OH is 1. The standard InChI is InChI=1S/C22H21F2N3O4/c23-16-4-3-5-17(24)21(16)30-13-15-12-19(26-31-15)22(29)27-10-7-14(8-11-27)20(28)18-6-1-2-9-25-18/h1-6,9,12,14,20,28H,7-8,10-11,13H2/t20-/m1/s1. The Morgan fingerprint density at radius 3 is 2.61 bits per heavy atom. The fraction of sp³-hybridized carbons (Fsp3) is 0.318. The maximum atomic E-state index is 13.6. The van der Waals surface area contributed by atoms with E-state index in [0.717, 1.165) is 12.1 Å². The number of carbonyl (C=O) groups excluding carboxylic acids is 1. The predicted molar refractivity (Wildman–Crippen MR) is 105 cm³/mol. The Hall–Kier alpha value is -3.33. The van der Waals surface area contributed by atoms with Crippen LogP contribution in [0.1, 0.15) is 40.9 Å². The van der Waals surface area contributed by atoms with Crippen LogP contribution in [0, 0.1) is 17.6 Å². The van der Waals surface area contributed by atoms with Crippen LogP contribution in [0.4, 0.5) is 8.78 Å². The van der Waals surface area contributed by atoms with Gasteiger partial charge < -0.3 is 19.3 Å². The molecule has 0 aliphatic carbocycles. The minimum Gasteiger partial charge on any atom is -0.479 e. The summed E-state index contributed by atoms with van der Waals surface area (Å²) in [5.74, 6) is -2.29. The van der Waals surface area contributed by atoms with E-state index in [2.05, 4.69) is 10.1 Å². The molecule has 1 aliphatic heterocycles. The molecule has 1 aliphatic rings. The predicted octanol–water partition coefficient (Wildman–Crippen LogP) is 3.51. The quantitative estimate of drug-likeness (QED) is 0.645. The average Bonchev–Trinajstić information content (AvgIpc) is 3.27. The smallest absolute Gasteiger partial charge is 0.276 e. The van der Waals surface area contributed by atoms with E-state index in [1.54, 1.807) is 23.2 Å². The van der Waals surface area contributed by atoms with Gasteiger partial charge in [-0.25, -0.2) is 8.78 Å². The molecule has 0 unspecified atom stereocenters. The normalized spacial score (nSPS) is 15.6. The number of amides is 1. The lowest BCUT2D eigenvalue weighted by molar-refractivity contribution is 0.0441. The number of benzene rings is 1. The fourth-order valence-electron chi connectivity index (χ4n) is 3.62. The number of likely N-dealkylation sites (tertiary alicyclic amines) is 1. The van der Waals surface area contributed by atoms with Gasteiger partial charge in [-0.05, 0) is 43.0 Å². The Labute approximate surface area is 177 Å². The Bertz CT molecular complexity index is 1020. The van der Waals surface area contributed by atoms with Crippen molar-refractivity contribution in [2.24, 2.45) is 5.92 Å². The molecule has 2 aromatic heterocycles. The van der Waals surface area contributed by atoms with Crippen molar-refractivity contribution in [2.45, 2.75) is 25.6 Å². The molecule has 7 nitrogen and oxygen atoms in total. The van der Waals surface area contributed by atoms with E-state index in [1.807, 2.05) is 6.07 Å². The zero-order valence-electron chi connectivity index (χ0n) is 16.6. The van der Waals surface area contributed by atoms with Crippen LogP contribution in [-0.2, 0) is 6.61 Å². The van der Waals surface area contributed by atoms with Crippen molar-refractivity contribution in [3.05, 3.63) is 77.4 Å². The Kier molecular flexibility index (Phi) is 6.22. The topological polar surface area (TPSA) is 88.7 Å². The number of carbonyl (C=O) groups is 1. The molecule has 0 saturated carbocycles. The summed E-state index contributed by atoms with van der Waals surface area (Å²) < 4.78 is 37.5. The van der Waals surface area contributed by atoms with Crippen molar-refractivity contribution in [2.75, 3.05) is 13.1 Å². The minimum atomic E-state index is -0.827. The molecule has 4 rings (SSSR count). The number of aliphatic hydroxyl groups is 1. The second kappa shape index (κ2) is 9.22. The number of hydrogen-bond acceptors (Lipinski definition) is 6. The van der Waals surface area contributed by atoms with E-state index in [1.165, 1.54) is 12.1 Å².